The van der Waals surface area contributed by atoms with Crippen molar-refractivity contribution in [3.05, 3.63) is 27.7 Å². The Hall–Kier alpha value is -1.17. The molecule has 1 aromatic carbocycles. The first kappa shape index (κ1) is 16.8. The Labute approximate surface area is 122 Å². The van der Waals surface area contributed by atoms with Crippen LogP contribution in [-0.4, -0.2) is 26.3 Å². The fraction of sp³-hybridized carbons (Fsp3) is 0.200. The Morgan fingerprint density at radius 2 is 1.72 bits per heavy atom. The number of guanidine groups is 1. The molecule has 18 heavy (non-hydrogen) atoms. The number of nitrogens with zero attached hydrogens (tertiary/aromatic N) is 3. The van der Waals surface area contributed by atoms with Crippen molar-refractivity contribution in [1.29, 1.82) is 0 Å². The summed E-state index contributed by atoms with van der Waals surface area (Å²) in [6.07, 6.45) is 1.41. The summed E-state index contributed by atoms with van der Waals surface area (Å²) in [7, 11) is 3.80. The van der Waals surface area contributed by atoms with Crippen molar-refractivity contribution in [3.63, 3.8) is 0 Å². The Balaban J connectivity index is 0.00000289. The van der Waals surface area contributed by atoms with E-state index < -0.39 is 0 Å². The first-order chi connectivity index (χ1) is 7.91. The molecule has 100 valence electrons. The van der Waals surface area contributed by atoms with Crippen LogP contribution in [0, 0.1) is 0 Å². The van der Waals surface area contributed by atoms with Crippen molar-refractivity contribution in [1.82, 2.24) is 0 Å². The smallest absolute Gasteiger partial charge is 0.211 e. The summed E-state index contributed by atoms with van der Waals surface area (Å²) in [5.41, 5.74) is 11.8. The van der Waals surface area contributed by atoms with Crippen molar-refractivity contribution in [2.75, 3.05) is 19.0 Å². The maximum Gasteiger partial charge on any atom is 0.211 e. The van der Waals surface area contributed by atoms with Crippen LogP contribution < -0.4 is 16.4 Å². The topological polar surface area (TPSA) is 80.0 Å². The molecule has 0 atom stereocenters. The van der Waals surface area contributed by atoms with Gasteiger partial charge in [0.1, 0.15) is 0 Å². The van der Waals surface area contributed by atoms with Crippen molar-refractivity contribution >= 4 is 53.5 Å². The minimum atomic E-state index is -0.126. The normalized spacial score (nSPS) is 10.0. The highest BCUT2D eigenvalue weighted by atomic mass is 35.5. The molecule has 0 fully saturated rings. The largest absolute Gasteiger partial charge is 0.378 e. The van der Waals surface area contributed by atoms with Crippen LogP contribution in [0.5, 0.6) is 0 Å². The molecule has 0 amide bonds. The molecule has 5 nitrogen and oxygen atoms in total. The summed E-state index contributed by atoms with van der Waals surface area (Å²) in [6, 6.07) is 3.56. The molecule has 0 spiro atoms. The number of rotatable bonds is 3. The molecule has 0 heterocycles. The Bertz CT molecular complexity index is 444. The summed E-state index contributed by atoms with van der Waals surface area (Å²) in [6.45, 7) is 0. The van der Waals surface area contributed by atoms with E-state index in [1.807, 2.05) is 19.0 Å². The number of halogens is 3. The molecular formula is C10H14Cl3N5. The van der Waals surface area contributed by atoms with Gasteiger partial charge in [0.25, 0.3) is 0 Å². The summed E-state index contributed by atoms with van der Waals surface area (Å²) in [5.74, 6) is -0.126. The molecule has 0 aromatic heterocycles. The molecule has 0 unspecified atom stereocenters. The van der Waals surface area contributed by atoms with Crippen molar-refractivity contribution < 1.29 is 0 Å². The lowest BCUT2D eigenvalue weighted by atomic mass is 10.2. The second-order valence-electron chi connectivity index (χ2n) is 3.49. The van der Waals surface area contributed by atoms with Crippen molar-refractivity contribution in [3.8, 4) is 0 Å². The molecule has 0 aliphatic rings. The van der Waals surface area contributed by atoms with Crippen molar-refractivity contribution in [2.45, 2.75) is 0 Å². The molecule has 0 bridgehead atoms. The van der Waals surface area contributed by atoms with Gasteiger partial charge in [0.15, 0.2) is 0 Å². The van der Waals surface area contributed by atoms with Crippen LogP contribution in [0.15, 0.2) is 22.3 Å². The minimum Gasteiger partial charge on any atom is -0.378 e. The molecular weight excluding hydrogens is 297 g/mol. The van der Waals surface area contributed by atoms with Crippen LogP contribution >= 0.6 is 35.6 Å². The molecule has 0 aliphatic heterocycles. The van der Waals surface area contributed by atoms with E-state index in [0.717, 1.165) is 5.69 Å². The van der Waals surface area contributed by atoms with E-state index >= 15 is 0 Å². The van der Waals surface area contributed by atoms with E-state index in [0.29, 0.717) is 15.6 Å². The van der Waals surface area contributed by atoms with Gasteiger partial charge in [0.2, 0.25) is 5.96 Å². The second kappa shape index (κ2) is 7.31. The number of nitrogens with two attached hydrogens (primary N) is 2. The van der Waals surface area contributed by atoms with E-state index in [1.54, 1.807) is 12.1 Å². The Kier molecular flexibility index (Phi) is 6.83. The van der Waals surface area contributed by atoms with E-state index in [1.165, 1.54) is 6.21 Å². The first-order valence-corrected chi connectivity index (χ1v) is 5.45. The molecule has 1 aromatic rings. The van der Waals surface area contributed by atoms with E-state index in [4.69, 9.17) is 34.7 Å². The average molecular weight is 311 g/mol. The Morgan fingerprint density at radius 1 is 1.22 bits per heavy atom. The predicted octanol–water partition coefficient (Wildman–Crippen LogP) is 2.09. The van der Waals surface area contributed by atoms with Gasteiger partial charge in [-0.1, -0.05) is 23.2 Å². The van der Waals surface area contributed by atoms with Gasteiger partial charge in [0.05, 0.1) is 16.3 Å². The van der Waals surface area contributed by atoms with Gasteiger partial charge in [-0.15, -0.1) is 17.5 Å². The third-order valence-electron chi connectivity index (χ3n) is 1.94. The van der Waals surface area contributed by atoms with Crippen molar-refractivity contribution in [2.24, 2.45) is 21.7 Å². The van der Waals surface area contributed by atoms with Gasteiger partial charge in [-0.25, -0.2) is 0 Å². The van der Waals surface area contributed by atoms with Crippen LogP contribution in [0.2, 0.25) is 10.0 Å². The van der Waals surface area contributed by atoms with Crippen LogP contribution in [-0.2, 0) is 0 Å². The zero-order valence-electron chi connectivity index (χ0n) is 9.89. The standard InChI is InChI=1S/C10H13Cl2N5.ClH/c1-17(2)6-3-8(11)7(9(12)4-6)5-15-16-10(13)14;/h3-5H,1-2H3,(H4,13,14,16);1H/b15-5+;. The first-order valence-electron chi connectivity index (χ1n) is 4.70. The highest BCUT2D eigenvalue weighted by molar-refractivity contribution is 6.39. The van der Waals surface area contributed by atoms with Gasteiger partial charge in [0, 0.05) is 25.3 Å². The summed E-state index contributed by atoms with van der Waals surface area (Å²) >= 11 is 12.2. The monoisotopic (exact) mass is 309 g/mol. The van der Waals surface area contributed by atoms with E-state index in [9.17, 15) is 0 Å². The van der Waals surface area contributed by atoms with Crippen LogP contribution in [0.25, 0.3) is 0 Å². The number of anilines is 1. The highest BCUT2D eigenvalue weighted by Crippen LogP contribution is 2.28. The zero-order chi connectivity index (χ0) is 13.0. The fourth-order valence-electron chi connectivity index (χ4n) is 1.11. The Morgan fingerprint density at radius 3 is 2.11 bits per heavy atom. The second-order valence-corrected chi connectivity index (χ2v) is 4.30. The number of benzene rings is 1. The average Bonchev–Trinajstić information content (AvgIpc) is 2.21. The quantitative estimate of drug-likeness (QED) is 0.509. The number of hydrogen-bond acceptors (Lipinski definition) is 3. The van der Waals surface area contributed by atoms with E-state index in [2.05, 4.69) is 10.2 Å². The fourth-order valence-corrected chi connectivity index (χ4v) is 1.68. The van der Waals surface area contributed by atoms with Gasteiger partial charge in [-0.2, -0.15) is 5.10 Å². The van der Waals surface area contributed by atoms with Gasteiger partial charge < -0.3 is 16.4 Å². The third kappa shape index (κ3) is 4.60. The maximum absolute atomic E-state index is 6.08. The molecule has 0 aliphatic carbocycles. The molecule has 1 rings (SSSR count). The lowest BCUT2D eigenvalue weighted by Crippen LogP contribution is -2.21. The van der Waals surface area contributed by atoms with Gasteiger partial charge in [-0.05, 0) is 12.1 Å². The maximum atomic E-state index is 6.08. The summed E-state index contributed by atoms with van der Waals surface area (Å²) in [4.78, 5) is 1.90. The minimum absolute atomic E-state index is 0. The highest BCUT2D eigenvalue weighted by Gasteiger charge is 2.07. The molecule has 0 saturated carbocycles. The zero-order valence-corrected chi connectivity index (χ0v) is 12.2. The molecule has 0 saturated heterocycles. The van der Waals surface area contributed by atoms with E-state index in [-0.39, 0.29) is 18.4 Å². The SMILES string of the molecule is CN(C)c1cc(Cl)c(/C=N/N=C(N)N)c(Cl)c1.Cl. The van der Waals surface area contributed by atoms with Gasteiger partial charge in [-0.3, -0.25) is 0 Å². The third-order valence-corrected chi connectivity index (χ3v) is 2.57. The lowest BCUT2D eigenvalue weighted by molar-refractivity contribution is 1.13. The van der Waals surface area contributed by atoms with Gasteiger partial charge >= 0.3 is 0 Å². The van der Waals surface area contributed by atoms with Crippen LogP contribution in [0.4, 0.5) is 5.69 Å². The molecule has 0 radical (unpaired) electrons. The van der Waals surface area contributed by atoms with Crippen LogP contribution in [0.1, 0.15) is 5.56 Å². The molecule has 8 heteroatoms. The lowest BCUT2D eigenvalue weighted by Gasteiger charge is -2.14. The van der Waals surface area contributed by atoms with Crippen LogP contribution in [0.3, 0.4) is 0 Å². The summed E-state index contributed by atoms with van der Waals surface area (Å²) in [5, 5.41) is 8.11. The number of hydrogen-bond donors (Lipinski definition) is 2. The summed E-state index contributed by atoms with van der Waals surface area (Å²) < 4.78 is 0. The predicted molar refractivity (Wildman–Crippen MR) is 81.4 cm³/mol. The molecule has 4 N–H and O–H groups in total.